The second kappa shape index (κ2) is 8.34. The van der Waals surface area contributed by atoms with E-state index in [2.05, 4.69) is 5.32 Å². The normalized spacial score (nSPS) is 24.2. The number of benzene rings is 1. The molecule has 1 amide bonds. The van der Waals surface area contributed by atoms with Crippen molar-refractivity contribution >= 4 is 18.3 Å². The number of hydrogen-bond donors (Lipinski definition) is 2. The van der Waals surface area contributed by atoms with E-state index in [1.165, 1.54) is 12.1 Å². The Labute approximate surface area is 137 Å². The molecule has 2 atom stereocenters. The predicted octanol–water partition coefficient (Wildman–Crippen LogP) is 2.65. The lowest BCUT2D eigenvalue weighted by Gasteiger charge is -2.37. The van der Waals surface area contributed by atoms with Crippen LogP contribution in [0.1, 0.15) is 32.6 Å². The van der Waals surface area contributed by atoms with Crippen molar-refractivity contribution in [3.63, 3.8) is 0 Å². The molecule has 1 aliphatic carbocycles. The highest BCUT2D eigenvalue weighted by Crippen LogP contribution is 2.31. The number of halogens is 2. The summed E-state index contributed by atoms with van der Waals surface area (Å²) in [6, 6.07) is 5.95. The van der Waals surface area contributed by atoms with Gasteiger partial charge in [0.05, 0.1) is 12.5 Å². The fourth-order valence-corrected chi connectivity index (χ4v) is 2.81. The summed E-state index contributed by atoms with van der Waals surface area (Å²) in [6.07, 6.45) is 3.85. The van der Waals surface area contributed by atoms with Crippen molar-refractivity contribution in [2.45, 2.75) is 38.1 Å². The van der Waals surface area contributed by atoms with Crippen LogP contribution in [0.2, 0.25) is 0 Å². The summed E-state index contributed by atoms with van der Waals surface area (Å²) in [5, 5.41) is 2.86. The zero-order chi connectivity index (χ0) is 15.3. The van der Waals surface area contributed by atoms with Crippen LogP contribution in [0.3, 0.4) is 0 Å². The van der Waals surface area contributed by atoms with Gasteiger partial charge >= 0.3 is 0 Å². The molecule has 4 nitrogen and oxygen atoms in total. The van der Waals surface area contributed by atoms with Crippen LogP contribution in [-0.4, -0.2) is 24.6 Å². The SMILES string of the molecule is CC1(N)CCCCC1C(=O)NCCOc1cccc(F)c1.Cl. The third kappa shape index (κ3) is 5.14. The molecule has 1 aromatic rings. The van der Waals surface area contributed by atoms with Crippen LogP contribution < -0.4 is 15.8 Å². The van der Waals surface area contributed by atoms with Gasteiger partial charge in [0.15, 0.2) is 0 Å². The minimum absolute atomic E-state index is 0. The average molecular weight is 331 g/mol. The van der Waals surface area contributed by atoms with Gasteiger partial charge < -0.3 is 15.8 Å². The fourth-order valence-electron chi connectivity index (χ4n) is 2.81. The molecular weight excluding hydrogens is 307 g/mol. The van der Waals surface area contributed by atoms with E-state index in [4.69, 9.17) is 10.5 Å². The van der Waals surface area contributed by atoms with Gasteiger partial charge in [0.2, 0.25) is 5.91 Å². The fraction of sp³-hybridized carbons (Fsp3) is 0.562. The van der Waals surface area contributed by atoms with Crippen molar-refractivity contribution in [2.24, 2.45) is 11.7 Å². The zero-order valence-electron chi connectivity index (χ0n) is 12.8. The second-order valence-corrected chi connectivity index (χ2v) is 5.90. The minimum Gasteiger partial charge on any atom is -0.492 e. The number of carbonyl (C=O) groups excluding carboxylic acids is 1. The number of nitrogens with one attached hydrogen (secondary N) is 1. The van der Waals surface area contributed by atoms with Crippen LogP contribution in [0.5, 0.6) is 5.75 Å². The highest BCUT2D eigenvalue weighted by atomic mass is 35.5. The number of nitrogens with two attached hydrogens (primary N) is 1. The molecule has 1 fully saturated rings. The highest BCUT2D eigenvalue weighted by molar-refractivity contribution is 5.85. The molecule has 0 radical (unpaired) electrons. The van der Waals surface area contributed by atoms with Crippen LogP contribution in [0, 0.1) is 11.7 Å². The summed E-state index contributed by atoms with van der Waals surface area (Å²) in [5.74, 6) is -0.0221. The van der Waals surface area contributed by atoms with Crippen LogP contribution >= 0.6 is 12.4 Å². The van der Waals surface area contributed by atoms with Gasteiger partial charge in [0.1, 0.15) is 18.2 Å². The van der Waals surface area contributed by atoms with Crippen molar-refractivity contribution in [1.29, 1.82) is 0 Å². The van der Waals surface area contributed by atoms with Gasteiger partial charge in [-0.1, -0.05) is 18.9 Å². The molecule has 1 aliphatic rings. The van der Waals surface area contributed by atoms with Gasteiger partial charge in [-0.2, -0.15) is 0 Å². The van der Waals surface area contributed by atoms with Crippen molar-refractivity contribution in [1.82, 2.24) is 5.32 Å². The smallest absolute Gasteiger partial charge is 0.225 e. The first kappa shape index (κ1) is 18.7. The van der Waals surface area contributed by atoms with Gasteiger partial charge in [-0.15, -0.1) is 12.4 Å². The third-order valence-corrected chi connectivity index (χ3v) is 4.04. The number of rotatable bonds is 5. The molecule has 2 rings (SSSR count). The van der Waals surface area contributed by atoms with E-state index >= 15 is 0 Å². The Morgan fingerprint density at radius 3 is 2.95 bits per heavy atom. The first-order valence-electron chi connectivity index (χ1n) is 7.44. The third-order valence-electron chi connectivity index (χ3n) is 4.04. The van der Waals surface area contributed by atoms with Crippen molar-refractivity contribution in [3.05, 3.63) is 30.1 Å². The van der Waals surface area contributed by atoms with Crippen molar-refractivity contribution in [2.75, 3.05) is 13.2 Å². The Hall–Kier alpha value is -1.33. The van der Waals surface area contributed by atoms with Crippen molar-refractivity contribution < 1.29 is 13.9 Å². The lowest BCUT2D eigenvalue weighted by molar-refractivity contribution is -0.128. The van der Waals surface area contributed by atoms with E-state index in [0.29, 0.717) is 18.9 Å². The van der Waals surface area contributed by atoms with Gasteiger partial charge in [0.25, 0.3) is 0 Å². The monoisotopic (exact) mass is 330 g/mol. The lowest BCUT2D eigenvalue weighted by Crippen LogP contribution is -2.53. The molecule has 6 heteroatoms. The number of carbonyl (C=O) groups is 1. The quantitative estimate of drug-likeness (QED) is 0.816. The molecular formula is C16H24ClFN2O2. The van der Waals surface area contributed by atoms with E-state index in [9.17, 15) is 9.18 Å². The van der Waals surface area contributed by atoms with Crippen LogP contribution in [0.15, 0.2) is 24.3 Å². The molecule has 124 valence electrons. The molecule has 0 saturated heterocycles. The molecule has 0 aliphatic heterocycles. The molecule has 0 aromatic heterocycles. The first-order valence-corrected chi connectivity index (χ1v) is 7.44. The van der Waals surface area contributed by atoms with E-state index in [-0.39, 0.29) is 30.0 Å². The van der Waals surface area contributed by atoms with Gasteiger partial charge in [-0.05, 0) is 31.9 Å². The second-order valence-electron chi connectivity index (χ2n) is 5.90. The Morgan fingerprint density at radius 2 is 2.27 bits per heavy atom. The topological polar surface area (TPSA) is 64.4 Å². The van der Waals surface area contributed by atoms with Crippen LogP contribution in [0.25, 0.3) is 0 Å². The molecule has 1 saturated carbocycles. The summed E-state index contributed by atoms with van der Waals surface area (Å²) in [6.45, 7) is 2.64. The highest BCUT2D eigenvalue weighted by Gasteiger charge is 2.37. The first-order chi connectivity index (χ1) is 9.99. The Balaban J connectivity index is 0.00000242. The summed E-state index contributed by atoms with van der Waals surface area (Å²) in [5.41, 5.74) is 5.78. The Morgan fingerprint density at radius 1 is 1.50 bits per heavy atom. The Kier molecular flexibility index (Phi) is 7.10. The predicted molar refractivity (Wildman–Crippen MR) is 86.7 cm³/mol. The van der Waals surface area contributed by atoms with E-state index in [0.717, 1.165) is 25.7 Å². The minimum atomic E-state index is -0.425. The number of ether oxygens (including phenoxy) is 1. The largest absolute Gasteiger partial charge is 0.492 e. The van der Waals surface area contributed by atoms with E-state index < -0.39 is 5.54 Å². The van der Waals surface area contributed by atoms with E-state index in [1.807, 2.05) is 6.92 Å². The summed E-state index contributed by atoms with van der Waals surface area (Å²) >= 11 is 0. The summed E-state index contributed by atoms with van der Waals surface area (Å²) in [7, 11) is 0. The standard InChI is InChI=1S/C16H23FN2O2.ClH/c1-16(18)8-3-2-7-14(16)15(20)19-9-10-21-13-6-4-5-12(17)11-13;/h4-6,11,14H,2-3,7-10,18H2,1H3,(H,19,20);1H. The van der Waals surface area contributed by atoms with Gasteiger partial charge in [-0.3, -0.25) is 4.79 Å². The molecule has 22 heavy (non-hydrogen) atoms. The molecule has 0 spiro atoms. The van der Waals surface area contributed by atoms with Gasteiger partial charge in [0, 0.05) is 11.6 Å². The maximum Gasteiger partial charge on any atom is 0.225 e. The zero-order valence-corrected chi connectivity index (χ0v) is 13.6. The molecule has 1 aromatic carbocycles. The maximum absolute atomic E-state index is 13.0. The number of hydrogen-bond acceptors (Lipinski definition) is 3. The average Bonchev–Trinajstić information content (AvgIpc) is 2.43. The van der Waals surface area contributed by atoms with Crippen LogP contribution in [0.4, 0.5) is 4.39 Å². The van der Waals surface area contributed by atoms with Crippen LogP contribution in [-0.2, 0) is 4.79 Å². The van der Waals surface area contributed by atoms with E-state index in [1.54, 1.807) is 12.1 Å². The Bertz CT molecular complexity index is 497. The lowest BCUT2D eigenvalue weighted by atomic mass is 9.74. The molecule has 0 heterocycles. The number of amides is 1. The van der Waals surface area contributed by atoms with Gasteiger partial charge in [-0.25, -0.2) is 4.39 Å². The summed E-state index contributed by atoms with van der Waals surface area (Å²) in [4.78, 5) is 12.2. The molecule has 2 unspecified atom stereocenters. The molecule has 0 bridgehead atoms. The molecule has 3 N–H and O–H groups in total. The van der Waals surface area contributed by atoms with Crippen molar-refractivity contribution in [3.8, 4) is 5.75 Å². The maximum atomic E-state index is 13.0. The summed E-state index contributed by atoms with van der Waals surface area (Å²) < 4.78 is 18.4.